The lowest BCUT2D eigenvalue weighted by atomic mass is 10.1. The number of thiocarbonyl (C=S) groups is 1. The molecule has 0 radical (unpaired) electrons. The molecule has 0 unspecified atom stereocenters. The summed E-state index contributed by atoms with van der Waals surface area (Å²) in [5, 5.41) is 4.13. The lowest BCUT2D eigenvalue weighted by molar-refractivity contribution is 0.505. The van der Waals surface area contributed by atoms with Crippen LogP contribution in [0.4, 0.5) is 11.4 Å². The van der Waals surface area contributed by atoms with E-state index in [1.54, 1.807) is 0 Å². The number of rotatable bonds is 4. The number of hydrogen-bond donors (Lipinski definition) is 1. The summed E-state index contributed by atoms with van der Waals surface area (Å²) in [4.78, 5) is 4.63. The molecule has 3 rings (SSSR count). The second-order valence-corrected chi connectivity index (χ2v) is 7.16. The third-order valence-corrected chi connectivity index (χ3v) is 5.24. The summed E-state index contributed by atoms with van der Waals surface area (Å²) in [5.74, 6) is 0. The molecule has 1 N–H and O–H groups in total. The summed E-state index contributed by atoms with van der Waals surface area (Å²) < 4.78 is 0. The van der Waals surface area contributed by atoms with Crippen molar-refractivity contribution in [2.45, 2.75) is 32.7 Å². The van der Waals surface area contributed by atoms with Gasteiger partial charge in [0.15, 0.2) is 5.11 Å². The number of piperidine rings is 1. The van der Waals surface area contributed by atoms with E-state index in [0.29, 0.717) is 0 Å². The fourth-order valence-corrected chi connectivity index (χ4v) is 3.51. The molecule has 0 bridgehead atoms. The Morgan fingerprint density at radius 1 is 1.04 bits per heavy atom. The maximum atomic E-state index is 5.62. The number of nitrogens with one attached hydrogen (secondary N) is 1. The molecule has 0 aromatic heterocycles. The molecule has 25 heavy (non-hydrogen) atoms. The van der Waals surface area contributed by atoms with Crippen molar-refractivity contribution in [2.24, 2.45) is 0 Å². The van der Waals surface area contributed by atoms with Crippen molar-refractivity contribution >= 4 is 28.7 Å². The average Bonchev–Trinajstić information content (AvgIpc) is 2.64. The van der Waals surface area contributed by atoms with Gasteiger partial charge in [0.2, 0.25) is 0 Å². The fraction of sp³-hybridized carbons (Fsp3) is 0.381. The predicted octanol–water partition coefficient (Wildman–Crippen LogP) is 4.81. The number of aryl methyl sites for hydroxylation is 1. The highest BCUT2D eigenvalue weighted by molar-refractivity contribution is 7.80. The Labute approximate surface area is 156 Å². The van der Waals surface area contributed by atoms with Crippen LogP contribution in [0.2, 0.25) is 0 Å². The molecule has 0 aliphatic carbocycles. The van der Waals surface area contributed by atoms with Crippen LogP contribution >= 0.6 is 12.2 Å². The first-order chi connectivity index (χ1) is 12.1. The van der Waals surface area contributed by atoms with Crippen molar-refractivity contribution in [1.82, 2.24) is 4.90 Å². The molecule has 0 atom stereocenters. The molecule has 4 heteroatoms. The molecule has 0 spiro atoms. The Balaban J connectivity index is 1.69. The first-order valence-electron chi connectivity index (χ1n) is 9.06. The molecule has 2 aromatic rings. The maximum Gasteiger partial charge on any atom is 0.173 e. The van der Waals surface area contributed by atoms with Crippen LogP contribution in [0.5, 0.6) is 0 Å². The minimum absolute atomic E-state index is 0.753. The van der Waals surface area contributed by atoms with Crippen molar-refractivity contribution in [2.75, 3.05) is 30.4 Å². The Hall–Kier alpha value is -2.07. The summed E-state index contributed by atoms with van der Waals surface area (Å²) in [7, 11) is 2.06. The van der Waals surface area contributed by atoms with Crippen LogP contribution in [0, 0.1) is 6.92 Å². The number of para-hydroxylation sites is 2. The lowest BCUT2D eigenvalue weighted by Crippen LogP contribution is -2.33. The van der Waals surface area contributed by atoms with Crippen molar-refractivity contribution in [3.8, 4) is 0 Å². The quantitative estimate of drug-likeness (QED) is 0.795. The van der Waals surface area contributed by atoms with E-state index >= 15 is 0 Å². The second kappa shape index (κ2) is 8.34. The zero-order valence-electron chi connectivity index (χ0n) is 15.2. The zero-order valence-corrected chi connectivity index (χ0v) is 16.0. The van der Waals surface area contributed by atoms with Gasteiger partial charge in [-0.3, -0.25) is 0 Å². The van der Waals surface area contributed by atoms with E-state index in [-0.39, 0.29) is 0 Å². The minimum atomic E-state index is 0.753. The van der Waals surface area contributed by atoms with Crippen LogP contribution in [0.15, 0.2) is 48.5 Å². The van der Waals surface area contributed by atoms with E-state index in [1.165, 1.54) is 36.1 Å². The van der Waals surface area contributed by atoms with Gasteiger partial charge in [-0.1, -0.05) is 36.4 Å². The van der Waals surface area contributed by atoms with Gasteiger partial charge in [0.25, 0.3) is 0 Å². The van der Waals surface area contributed by atoms with Gasteiger partial charge in [0, 0.05) is 38.1 Å². The Bertz CT molecular complexity index is 723. The molecule has 1 saturated heterocycles. The molecule has 2 aromatic carbocycles. The van der Waals surface area contributed by atoms with Crippen LogP contribution in [0.1, 0.15) is 30.4 Å². The SMILES string of the molecule is Cc1ccccc1NC(=S)N(C)Cc1ccccc1N1CCCCC1. The van der Waals surface area contributed by atoms with E-state index < -0.39 is 0 Å². The van der Waals surface area contributed by atoms with Gasteiger partial charge >= 0.3 is 0 Å². The minimum Gasteiger partial charge on any atom is -0.371 e. The van der Waals surface area contributed by atoms with Crippen LogP contribution in [0.25, 0.3) is 0 Å². The van der Waals surface area contributed by atoms with Crippen molar-refractivity contribution in [3.05, 3.63) is 59.7 Å². The van der Waals surface area contributed by atoms with E-state index in [4.69, 9.17) is 12.2 Å². The first-order valence-corrected chi connectivity index (χ1v) is 9.46. The molecule has 0 saturated carbocycles. The van der Waals surface area contributed by atoms with E-state index in [1.807, 2.05) is 12.1 Å². The van der Waals surface area contributed by atoms with Gasteiger partial charge in [0.05, 0.1) is 0 Å². The number of nitrogens with zero attached hydrogens (tertiary/aromatic N) is 2. The van der Waals surface area contributed by atoms with Crippen molar-refractivity contribution < 1.29 is 0 Å². The molecule has 3 nitrogen and oxygen atoms in total. The van der Waals surface area contributed by atoms with Crippen LogP contribution in [0.3, 0.4) is 0 Å². The van der Waals surface area contributed by atoms with Gasteiger partial charge in [-0.05, 0) is 61.7 Å². The summed E-state index contributed by atoms with van der Waals surface area (Å²) in [6, 6.07) is 17.0. The van der Waals surface area contributed by atoms with E-state index in [2.05, 4.69) is 65.5 Å². The lowest BCUT2D eigenvalue weighted by Gasteiger charge is -2.32. The van der Waals surface area contributed by atoms with Gasteiger partial charge in [-0.15, -0.1) is 0 Å². The molecule has 1 aliphatic heterocycles. The average molecular weight is 354 g/mol. The van der Waals surface area contributed by atoms with Gasteiger partial charge in [0.1, 0.15) is 0 Å². The molecule has 0 amide bonds. The van der Waals surface area contributed by atoms with E-state index in [0.717, 1.165) is 30.4 Å². The summed E-state index contributed by atoms with van der Waals surface area (Å²) in [6.45, 7) is 5.22. The molecular weight excluding hydrogens is 326 g/mol. The number of benzene rings is 2. The Morgan fingerprint density at radius 2 is 1.72 bits per heavy atom. The summed E-state index contributed by atoms with van der Waals surface area (Å²) in [6.07, 6.45) is 3.93. The van der Waals surface area contributed by atoms with E-state index in [9.17, 15) is 0 Å². The van der Waals surface area contributed by atoms with Gasteiger partial charge in [-0.25, -0.2) is 0 Å². The monoisotopic (exact) mass is 353 g/mol. The summed E-state index contributed by atoms with van der Waals surface area (Å²) >= 11 is 5.62. The van der Waals surface area contributed by atoms with Gasteiger partial charge in [-0.2, -0.15) is 0 Å². The molecule has 132 valence electrons. The van der Waals surface area contributed by atoms with Crippen LogP contribution in [-0.2, 0) is 6.54 Å². The smallest absolute Gasteiger partial charge is 0.173 e. The second-order valence-electron chi connectivity index (χ2n) is 6.78. The zero-order chi connectivity index (χ0) is 17.6. The van der Waals surface area contributed by atoms with Crippen LogP contribution in [-0.4, -0.2) is 30.1 Å². The molecule has 1 aliphatic rings. The topological polar surface area (TPSA) is 18.5 Å². The third-order valence-electron chi connectivity index (χ3n) is 4.83. The maximum absolute atomic E-state index is 5.62. The number of hydrogen-bond acceptors (Lipinski definition) is 2. The molecule has 1 heterocycles. The largest absolute Gasteiger partial charge is 0.371 e. The summed E-state index contributed by atoms with van der Waals surface area (Å²) in [5.41, 5.74) is 4.96. The standard InChI is InChI=1S/C21H27N3S/c1-17-10-4-6-12-19(17)22-21(25)23(2)16-18-11-5-7-13-20(18)24-14-8-3-9-15-24/h4-7,10-13H,3,8-9,14-16H2,1-2H3,(H,22,25). The Kier molecular flexibility index (Phi) is 5.92. The van der Waals surface area contributed by atoms with Crippen LogP contribution < -0.4 is 10.2 Å². The molecule has 1 fully saturated rings. The predicted molar refractivity (Wildman–Crippen MR) is 111 cm³/mol. The molecular formula is C21H27N3S. The number of anilines is 2. The first kappa shape index (κ1) is 17.7. The van der Waals surface area contributed by atoms with Gasteiger partial charge < -0.3 is 15.1 Å². The normalized spacial score (nSPS) is 14.2. The van der Waals surface area contributed by atoms with Crippen molar-refractivity contribution in [1.29, 1.82) is 0 Å². The highest BCUT2D eigenvalue weighted by Crippen LogP contribution is 2.25. The highest BCUT2D eigenvalue weighted by atomic mass is 32.1. The van der Waals surface area contributed by atoms with Crippen molar-refractivity contribution in [3.63, 3.8) is 0 Å². The fourth-order valence-electron chi connectivity index (χ4n) is 3.34. The Morgan fingerprint density at radius 3 is 2.48 bits per heavy atom. The highest BCUT2D eigenvalue weighted by Gasteiger charge is 2.16. The third kappa shape index (κ3) is 4.51.